The van der Waals surface area contributed by atoms with Crippen molar-refractivity contribution >= 4 is 17.5 Å². The van der Waals surface area contributed by atoms with E-state index in [4.69, 9.17) is 4.42 Å². The minimum absolute atomic E-state index is 0.0602. The summed E-state index contributed by atoms with van der Waals surface area (Å²) in [5.74, 6) is 0.0161. The van der Waals surface area contributed by atoms with E-state index in [-0.39, 0.29) is 17.6 Å². The van der Waals surface area contributed by atoms with Crippen molar-refractivity contribution in [1.29, 1.82) is 0 Å². The Morgan fingerprint density at radius 2 is 1.67 bits per heavy atom. The van der Waals surface area contributed by atoms with Gasteiger partial charge >= 0.3 is 0 Å². The first-order chi connectivity index (χ1) is 13.2. The number of hydrogen-bond acceptors (Lipinski definition) is 4. The fourth-order valence-corrected chi connectivity index (χ4v) is 4.04. The van der Waals surface area contributed by atoms with Crippen LogP contribution in [0.2, 0.25) is 0 Å². The highest BCUT2D eigenvalue weighted by Crippen LogP contribution is 2.24. The van der Waals surface area contributed by atoms with E-state index < -0.39 is 0 Å². The summed E-state index contributed by atoms with van der Waals surface area (Å²) in [6.45, 7) is 3.50. The lowest BCUT2D eigenvalue weighted by Crippen LogP contribution is -2.51. The molecule has 0 atom stereocenters. The molecular weight excluding hydrogens is 342 g/mol. The Morgan fingerprint density at radius 1 is 0.963 bits per heavy atom. The average Bonchev–Trinajstić information content (AvgIpc) is 3.42. The molecule has 1 aliphatic carbocycles. The van der Waals surface area contributed by atoms with Gasteiger partial charge in [-0.05, 0) is 49.2 Å². The van der Waals surface area contributed by atoms with Gasteiger partial charge in [0.15, 0.2) is 5.76 Å². The first-order valence-electron chi connectivity index (χ1n) is 9.69. The molecule has 1 saturated carbocycles. The highest BCUT2D eigenvalue weighted by Gasteiger charge is 2.28. The minimum atomic E-state index is -0.304. The van der Waals surface area contributed by atoms with Crippen LogP contribution in [0.15, 0.2) is 47.1 Å². The molecule has 0 radical (unpaired) electrons. The van der Waals surface area contributed by atoms with Gasteiger partial charge in [0.25, 0.3) is 11.8 Å². The second-order valence-corrected chi connectivity index (χ2v) is 7.28. The number of rotatable bonds is 4. The maximum absolute atomic E-state index is 12.8. The minimum Gasteiger partial charge on any atom is -0.459 e. The van der Waals surface area contributed by atoms with Crippen molar-refractivity contribution in [2.45, 2.75) is 31.7 Å². The van der Waals surface area contributed by atoms with Crippen LogP contribution in [0.5, 0.6) is 0 Å². The Hall–Kier alpha value is -2.60. The fraction of sp³-hybridized carbons (Fsp3) is 0.429. The van der Waals surface area contributed by atoms with E-state index in [0.717, 1.165) is 32.2 Å². The number of hydrogen-bond donors (Lipinski definition) is 1. The molecule has 6 heteroatoms. The van der Waals surface area contributed by atoms with Gasteiger partial charge in [-0.15, -0.1) is 0 Å². The molecule has 4 rings (SSSR count). The summed E-state index contributed by atoms with van der Waals surface area (Å²) in [5, 5.41) is 2.76. The number of carbonyl (C=O) groups excluding carboxylic acids is 2. The molecule has 0 unspecified atom stereocenters. The molecule has 1 N–H and O–H groups in total. The van der Waals surface area contributed by atoms with Crippen LogP contribution in [-0.4, -0.2) is 53.8 Å². The molecule has 0 bridgehead atoms. The summed E-state index contributed by atoms with van der Waals surface area (Å²) in [4.78, 5) is 29.2. The summed E-state index contributed by atoms with van der Waals surface area (Å²) < 4.78 is 5.08. The number of carbonyl (C=O) groups is 2. The van der Waals surface area contributed by atoms with E-state index in [1.165, 1.54) is 31.9 Å². The van der Waals surface area contributed by atoms with Gasteiger partial charge in [0.05, 0.1) is 6.26 Å². The number of anilines is 1. The van der Waals surface area contributed by atoms with E-state index in [2.05, 4.69) is 10.2 Å². The third kappa shape index (κ3) is 4.06. The Morgan fingerprint density at radius 3 is 2.30 bits per heavy atom. The molecular formula is C21H25N3O3. The molecule has 1 saturated heterocycles. The Balaban J connectivity index is 1.32. The van der Waals surface area contributed by atoms with Crippen molar-refractivity contribution in [3.05, 3.63) is 54.0 Å². The van der Waals surface area contributed by atoms with E-state index in [1.807, 2.05) is 4.90 Å². The van der Waals surface area contributed by atoms with Gasteiger partial charge in [-0.25, -0.2) is 0 Å². The highest BCUT2D eigenvalue weighted by molar-refractivity contribution is 6.02. The normalized spacial score (nSPS) is 18.6. The van der Waals surface area contributed by atoms with Gasteiger partial charge in [0, 0.05) is 43.5 Å². The van der Waals surface area contributed by atoms with Crippen LogP contribution in [0.4, 0.5) is 5.69 Å². The standard InChI is InChI=1S/C21H25N3O3/c25-20(19-6-3-15-27-19)22-17-9-7-16(8-10-17)21(26)24-13-11-23(12-14-24)18-4-1-2-5-18/h3,6-10,15,18H,1-2,4-5,11-14H2,(H,22,25). The molecule has 1 aliphatic heterocycles. The van der Waals surface area contributed by atoms with Crippen LogP contribution in [0, 0.1) is 0 Å². The number of amides is 2. The number of nitrogens with one attached hydrogen (secondary N) is 1. The summed E-state index contributed by atoms with van der Waals surface area (Å²) in [7, 11) is 0. The topological polar surface area (TPSA) is 65.8 Å². The molecule has 2 heterocycles. The molecule has 142 valence electrons. The van der Waals surface area contributed by atoms with Crippen molar-refractivity contribution in [3.63, 3.8) is 0 Å². The van der Waals surface area contributed by atoms with Crippen molar-refractivity contribution in [2.24, 2.45) is 0 Å². The summed E-state index contributed by atoms with van der Waals surface area (Å²) in [5.41, 5.74) is 1.29. The number of benzene rings is 1. The fourth-order valence-electron chi connectivity index (χ4n) is 4.04. The first-order valence-corrected chi connectivity index (χ1v) is 9.69. The molecule has 2 aliphatic rings. The Bertz CT molecular complexity index is 772. The lowest BCUT2D eigenvalue weighted by molar-refractivity contribution is 0.0573. The molecule has 2 fully saturated rings. The van der Waals surface area contributed by atoms with Crippen LogP contribution in [-0.2, 0) is 0 Å². The number of nitrogens with zero attached hydrogens (tertiary/aromatic N) is 2. The van der Waals surface area contributed by atoms with Crippen molar-refractivity contribution in [2.75, 3.05) is 31.5 Å². The Labute approximate surface area is 159 Å². The molecule has 0 spiro atoms. The van der Waals surface area contributed by atoms with Gasteiger partial charge < -0.3 is 14.6 Å². The van der Waals surface area contributed by atoms with Crippen LogP contribution < -0.4 is 5.32 Å². The average molecular weight is 367 g/mol. The quantitative estimate of drug-likeness (QED) is 0.901. The van der Waals surface area contributed by atoms with Crippen molar-refractivity contribution < 1.29 is 14.0 Å². The second kappa shape index (κ2) is 7.96. The van der Waals surface area contributed by atoms with Crippen LogP contribution in [0.25, 0.3) is 0 Å². The van der Waals surface area contributed by atoms with Gasteiger partial charge in [-0.3, -0.25) is 14.5 Å². The van der Waals surface area contributed by atoms with Gasteiger partial charge in [-0.2, -0.15) is 0 Å². The molecule has 1 aromatic heterocycles. The lowest BCUT2D eigenvalue weighted by atomic mass is 10.1. The maximum atomic E-state index is 12.8. The van der Waals surface area contributed by atoms with Gasteiger partial charge in [0.2, 0.25) is 0 Å². The Kier molecular flexibility index (Phi) is 5.25. The van der Waals surface area contributed by atoms with Gasteiger partial charge in [-0.1, -0.05) is 12.8 Å². The van der Waals surface area contributed by atoms with Crippen LogP contribution >= 0.6 is 0 Å². The SMILES string of the molecule is O=C(Nc1ccc(C(=O)N2CCN(C3CCCC3)CC2)cc1)c1ccco1. The zero-order chi connectivity index (χ0) is 18.6. The summed E-state index contributed by atoms with van der Waals surface area (Å²) >= 11 is 0. The lowest BCUT2D eigenvalue weighted by Gasteiger charge is -2.38. The third-order valence-electron chi connectivity index (χ3n) is 5.58. The van der Waals surface area contributed by atoms with E-state index in [9.17, 15) is 9.59 Å². The molecule has 6 nitrogen and oxygen atoms in total. The number of piperazine rings is 1. The largest absolute Gasteiger partial charge is 0.459 e. The van der Waals surface area contributed by atoms with Crippen LogP contribution in [0.3, 0.4) is 0 Å². The predicted molar refractivity (Wildman–Crippen MR) is 103 cm³/mol. The molecule has 2 amide bonds. The first kappa shape index (κ1) is 17.8. The van der Waals surface area contributed by atoms with Gasteiger partial charge in [0.1, 0.15) is 0 Å². The second-order valence-electron chi connectivity index (χ2n) is 7.28. The molecule has 1 aromatic carbocycles. The number of furan rings is 1. The van der Waals surface area contributed by atoms with E-state index >= 15 is 0 Å². The monoisotopic (exact) mass is 367 g/mol. The van der Waals surface area contributed by atoms with Crippen LogP contribution in [0.1, 0.15) is 46.6 Å². The molecule has 2 aromatic rings. The highest BCUT2D eigenvalue weighted by atomic mass is 16.3. The smallest absolute Gasteiger partial charge is 0.291 e. The zero-order valence-electron chi connectivity index (χ0n) is 15.4. The third-order valence-corrected chi connectivity index (χ3v) is 5.58. The predicted octanol–water partition coefficient (Wildman–Crippen LogP) is 3.23. The van der Waals surface area contributed by atoms with Crippen molar-refractivity contribution in [3.8, 4) is 0 Å². The van der Waals surface area contributed by atoms with E-state index in [0.29, 0.717) is 11.3 Å². The van der Waals surface area contributed by atoms with Crippen molar-refractivity contribution in [1.82, 2.24) is 9.80 Å². The molecule has 27 heavy (non-hydrogen) atoms. The summed E-state index contributed by atoms with van der Waals surface area (Å²) in [6.07, 6.45) is 6.75. The zero-order valence-corrected chi connectivity index (χ0v) is 15.4. The summed E-state index contributed by atoms with van der Waals surface area (Å²) in [6, 6.07) is 11.0. The maximum Gasteiger partial charge on any atom is 0.291 e. The van der Waals surface area contributed by atoms with E-state index in [1.54, 1.807) is 36.4 Å².